The highest BCUT2D eigenvalue weighted by Gasteiger charge is 2.60. The van der Waals surface area contributed by atoms with E-state index in [1.165, 1.54) is 32.1 Å². The van der Waals surface area contributed by atoms with Gasteiger partial charge in [-0.05, 0) is 105 Å². The average Bonchev–Trinajstić information content (AvgIpc) is 3.05. The monoisotopic (exact) mass is 417 g/mol. The molecule has 2 N–H and O–H groups in total. The first-order chi connectivity index (χ1) is 14.1. The van der Waals surface area contributed by atoms with Crippen molar-refractivity contribution in [3.63, 3.8) is 0 Å². The number of esters is 1. The third-order valence-electron chi connectivity index (χ3n) is 10.4. The van der Waals surface area contributed by atoms with E-state index in [1.807, 2.05) is 20.8 Å². The number of fused-ring (bicyclic) bond motifs is 5. The highest BCUT2D eigenvalue weighted by Crippen LogP contribution is 2.67. The Kier molecular flexibility index (Phi) is 5.87. The predicted molar refractivity (Wildman–Crippen MR) is 119 cm³/mol. The lowest BCUT2D eigenvalue weighted by Gasteiger charge is -2.61. The van der Waals surface area contributed by atoms with E-state index < -0.39 is 6.04 Å². The van der Waals surface area contributed by atoms with Crippen LogP contribution >= 0.6 is 0 Å². The van der Waals surface area contributed by atoms with Crippen LogP contribution in [-0.2, 0) is 14.3 Å². The van der Waals surface area contributed by atoms with E-state index in [9.17, 15) is 9.59 Å². The summed E-state index contributed by atoms with van der Waals surface area (Å²) in [5, 5.41) is 0. The van der Waals surface area contributed by atoms with Crippen molar-refractivity contribution in [1.82, 2.24) is 0 Å². The lowest BCUT2D eigenvalue weighted by Crippen LogP contribution is -2.54. The standard InChI is InChI=1S/C26H43NO3/c1-15(2)23(27)24(29)30-18-10-12-25(4)17(14-18)6-7-19-21-9-8-20(16(3)28)26(21,5)13-11-22(19)25/h15,17-23H,6-14,27H2,1-5H3/t17-,18+,19?,20+,21-,22-,23-,25-,26+/m0/s1. The van der Waals surface area contributed by atoms with Gasteiger partial charge in [0.05, 0.1) is 0 Å². The van der Waals surface area contributed by atoms with Gasteiger partial charge in [0.15, 0.2) is 0 Å². The van der Waals surface area contributed by atoms with Crippen LogP contribution in [0.4, 0.5) is 0 Å². The zero-order chi connectivity index (χ0) is 21.8. The molecular weight excluding hydrogens is 374 g/mol. The Labute approximate surface area is 183 Å². The largest absolute Gasteiger partial charge is 0.461 e. The Hall–Kier alpha value is -0.900. The molecule has 9 atom stereocenters. The molecule has 0 bridgehead atoms. The Morgan fingerprint density at radius 2 is 1.60 bits per heavy atom. The third-order valence-corrected chi connectivity index (χ3v) is 10.4. The summed E-state index contributed by atoms with van der Waals surface area (Å²) in [6.45, 7) is 10.7. The van der Waals surface area contributed by atoms with Crippen LogP contribution < -0.4 is 5.73 Å². The molecule has 4 aliphatic rings. The van der Waals surface area contributed by atoms with Gasteiger partial charge in [0.2, 0.25) is 0 Å². The fourth-order valence-corrected chi connectivity index (χ4v) is 8.51. The Bertz CT molecular complexity index is 690. The van der Waals surface area contributed by atoms with Crippen molar-refractivity contribution in [2.45, 2.75) is 105 Å². The number of carbonyl (C=O) groups is 2. The Balaban J connectivity index is 1.45. The van der Waals surface area contributed by atoms with Crippen LogP contribution in [-0.4, -0.2) is 23.9 Å². The van der Waals surface area contributed by atoms with Gasteiger partial charge < -0.3 is 10.5 Å². The number of ether oxygens (including phenoxy) is 1. The summed E-state index contributed by atoms with van der Waals surface area (Å²) in [5.41, 5.74) is 6.61. The summed E-state index contributed by atoms with van der Waals surface area (Å²) < 4.78 is 5.87. The van der Waals surface area contributed by atoms with Gasteiger partial charge in [-0.3, -0.25) is 9.59 Å². The lowest BCUT2D eigenvalue weighted by molar-refractivity contribution is -0.165. The molecule has 0 radical (unpaired) electrons. The number of hydrogen-bond acceptors (Lipinski definition) is 4. The molecule has 170 valence electrons. The van der Waals surface area contributed by atoms with Crippen molar-refractivity contribution >= 4 is 11.8 Å². The number of hydrogen-bond donors (Lipinski definition) is 1. The van der Waals surface area contributed by atoms with Crippen LogP contribution in [0.1, 0.15) is 92.4 Å². The van der Waals surface area contributed by atoms with E-state index in [4.69, 9.17) is 10.5 Å². The highest BCUT2D eigenvalue weighted by molar-refractivity contribution is 5.79. The van der Waals surface area contributed by atoms with Gasteiger partial charge in [-0.2, -0.15) is 0 Å². The minimum Gasteiger partial charge on any atom is -0.461 e. The molecule has 0 aromatic heterocycles. The van der Waals surface area contributed by atoms with Crippen LogP contribution in [0.5, 0.6) is 0 Å². The Morgan fingerprint density at radius 1 is 0.933 bits per heavy atom. The lowest BCUT2D eigenvalue weighted by atomic mass is 9.44. The van der Waals surface area contributed by atoms with Crippen molar-refractivity contribution in [2.75, 3.05) is 0 Å². The van der Waals surface area contributed by atoms with E-state index in [0.717, 1.165) is 43.4 Å². The van der Waals surface area contributed by atoms with E-state index in [1.54, 1.807) is 0 Å². The quantitative estimate of drug-likeness (QED) is 0.644. The van der Waals surface area contributed by atoms with E-state index >= 15 is 0 Å². The SMILES string of the molecule is CC(=O)[C@H]1CC[C@H]2C3CC[C@H]4C[C@H](OC(=O)[C@@H](N)C(C)C)CC[C@]4(C)[C@H]3CC[C@]12C. The van der Waals surface area contributed by atoms with Crippen LogP contribution in [0.25, 0.3) is 0 Å². The maximum absolute atomic E-state index is 12.4. The van der Waals surface area contributed by atoms with Crippen LogP contribution in [0.3, 0.4) is 0 Å². The van der Waals surface area contributed by atoms with Gasteiger partial charge in [0.25, 0.3) is 0 Å². The molecule has 4 rings (SSSR count). The molecule has 0 aromatic carbocycles. The van der Waals surface area contributed by atoms with E-state index in [2.05, 4.69) is 13.8 Å². The van der Waals surface area contributed by atoms with Crippen LogP contribution in [0.15, 0.2) is 0 Å². The molecule has 4 nitrogen and oxygen atoms in total. The van der Waals surface area contributed by atoms with Crippen LogP contribution in [0, 0.1) is 46.3 Å². The second-order valence-corrected chi connectivity index (χ2v) is 12.0. The molecular formula is C26H43NO3. The number of ketones is 1. The molecule has 1 unspecified atom stereocenters. The molecule has 0 aromatic rings. The molecule has 4 fully saturated rings. The maximum Gasteiger partial charge on any atom is 0.323 e. The highest BCUT2D eigenvalue weighted by atomic mass is 16.5. The number of Topliss-reactive ketones (excluding diaryl/α,β-unsaturated/α-hetero) is 1. The van der Waals surface area contributed by atoms with Gasteiger partial charge >= 0.3 is 5.97 Å². The maximum atomic E-state index is 12.4. The molecule has 0 aliphatic heterocycles. The topological polar surface area (TPSA) is 69.4 Å². The number of rotatable bonds is 4. The molecule has 0 spiro atoms. The van der Waals surface area contributed by atoms with Gasteiger partial charge in [-0.1, -0.05) is 27.7 Å². The minimum absolute atomic E-state index is 0.0411. The molecule has 0 amide bonds. The van der Waals surface area contributed by atoms with Crippen molar-refractivity contribution in [3.8, 4) is 0 Å². The van der Waals surface area contributed by atoms with E-state index in [-0.39, 0.29) is 29.3 Å². The molecule has 4 saturated carbocycles. The first-order valence-corrected chi connectivity index (χ1v) is 12.5. The first-order valence-electron chi connectivity index (χ1n) is 12.5. The second kappa shape index (κ2) is 7.90. The van der Waals surface area contributed by atoms with E-state index in [0.29, 0.717) is 17.1 Å². The fraction of sp³-hybridized carbons (Fsp3) is 0.923. The summed E-state index contributed by atoms with van der Waals surface area (Å²) in [7, 11) is 0. The zero-order valence-corrected chi connectivity index (χ0v) is 19.8. The second-order valence-electron chi connectivity index (χ2n) is 12.0. The number of nitrogens with two attached hydrogens (primary N) is 1. The fourth-order valence-electron chi connectivity index (χ4n) is 8.51. The van der Waals surface area contributed by atoms with Gasteiger partial charge in [-0.15, -0.1) is 0 Å². The smallest absolute Gasteiger partial charge is 0.323 e. The van der Waals surface area contributed by atoms with Crippen molar-refractivity contribution in [3.05, 3.63) is 0 Å². The normalized spacial score (nSPS) is 46.5. The molecule has 4 aliphatic carbocycles. The van der Waals surface area contributed by atoms with Crippen molar-refractivity contribution in [1.29, 1.82) is 0 Å². The summed E-state index contributed by atoms with van der Waals surface area (Å²) in [6, 6.07) is -0.512. The van der Waals surface area contributed by atoms with Crippen molar-refractivity contribution < 1.29 is 14.3 Å². The van der Waals surface area contributed by atoms with Gasteiger partial charge in [0, 0.05) is 5.92 Å². The summed E-state index contributed by atoms with van der Waals surface area (Å²) in [5.74, 6) is 3.52. The molecule has 0 saturated heterocycles. The van der Waals surface area contributed by atoms with Gasteiger partial charge in [-0.25, -0.2) is 0 Å². The summed E-state index contributed by atoms with van der Waals surface area (Å²) in [4.78, 5) is 24.7. The first kappa shape index (κ1) is 22.3. The molecule has 4 heteroatoms. The molecule has 0 heterocycles. The summed E-state index contributed by atoms with van der Waals surface area (Å²) >= 11 is 0. The average molecular weight is 418 g/mol. The van der Waals surface area contributed by atoms with Crippen molar-refractivity contribution in [2.24, 2.45) is 52.1 Å². The molecule has 30 heavy (non-hydrogen) atoms. The minimum atomic E-state index is -0.512. The van der Waals surface area contributed by atoms with Gasteiger partial charge in [0.1, 0.15) is 17.9 Å². The summed E-state index contributed by atoms with van der Waals surface area (Å²) in [6.07, 6.45) is 10.6. The Morgan fingerprint density at radius 3 is 2.27 bits per heavy atom. The van der Waals surface area contributed by atoms with Crippen LogP contribution in [0.2, 0.25) is 0 Å². The predicted octanol–water partition coefficient (Wildman–Crippen LogP) is 5.13. The zero-order valence-electron chi connectivity index (χ0n) is 19.8. The third kappa shape index (κ3) is 3.45. The number of carbonyl (C=O) groups excluding carboxylic acids is 2.